The summed E-state index contributed by atoms with van der Waals surface area (Å²) in [6.45, 7) is 2.92. The predicted octanol–water partition coefficient (Wildman–Crippen LogP) is 3.28. The number of rotatable bonds is 10. The van der Waals surface area contributed by atoms with Crippen LogP contribution in [0.3, 0.4) is 0 Å². The zero-order valence-corrected chi connectivity index (χ0v) is 22.0. The number of carbonyl (C=O) groups is 1. The maximum absolute atomic E-state index is 12.6. The van der Waals surface area contributed by atoms with Gasteiger partial charge in [0.05, 0.1) is 9.79 Å². The second kappa shape index (κ2) is 11.3. The fraction of sp³-hybridized carbons (Fsp3) is 0.269. The lowest BCUT2D eigenvalue weighted by molar-refractivity contribution is -0.123. The molecule has 1 heterocycles. The molecule has 9 nitrogen and oxygen atoms in total. The van der Waals surface area contributed by atoms with Crippen molar-refractivity contribution >= 4 is 31.6 Å². The molecule has 0 bridgehead atoms. The van der Waals surface area contributed by atoms with Gasteiger partial charge in [-0.05, 0) is 79.4 Å². The summed E-state index contributed by atoms with van der Waals surface area (Å²) in [5.41, 5.74) is 2.16. The highest BCUT2D eigenvalue weighted by Gasteiger charge is 2.26. The number of ether oxygens (including phenoxy) is 1. The second-order valence-corrected chi connectivity index (χ2v) is 12.4. The van der Waals surface area contributed by atoms with Crippen molar-refractivity contribution in [3.05, 3.63) is 83.9 Å². The number of amides is 1. The molecule has 1 fully saturated rings. The van der Waals surface area contributed by atoms with Crippen LogP contribution in [0.5, 0.6) is 5.75 Å². The average molecular weight is 544 g/mol. The van der Waals surface area contributed by atoms with E-state index in [1.54, 1.807) is 42.5 Å². The molecule has 37 heavy (non-hydrogen) atoms. The van der Waals surface area contributed by atoms with Gasteiger partial charge in [0.1, 0.15) is 5.75 Å². The van der Waals surface area contributed by atoms with E-state index in [9.17, 15) is 21.6 Å². The molecule has 196 valence electrons. The molecule has 0 aliphatic carbocycles. The SMILES string of the molecule is Cc1cccc(NS(=O)(=O)c2ccc(OCC(=O)NCc3ccc(S(=O)(=O)N4CCCC4)cc3)cc2)c1. The Labute approximate surface area is 217 Å². The number of hydrogen-bond donors (Lipinski definition) is 2. The first kappa shape index (κ1) is 26.6. The van der Waals surface area contributed by atoms with Crippen LogP contribution in [-0.4, -0.2) is 46.7 Å². The molecule has 1 amide bonds. The highest BCUT2D eigenvalue weighted by molar-refractivity contribution is 7.92. The van der Waals surface area contributed by atoms with Gasteiger partial charge in [0, 0.05) is 25.3 Å². The van der Waals surface area contributed by atoms with Gasteiger partial charge in [0.2, 0.25) is 10.0 Å². The second-order valence-electron chi connectivity index (χ2n) is 8.77. The van der Waals surface area contributed by atoms with Crippen molar-refractivity contribution in [1.29, 1.82) is 0 Å². The third-order valence-electron chi connectivity index (χ3n) is 5.89. The molecule has 2 N–H and O–H groups in total. The molecule has 0 atom stereocenters. The zero-order chi connectivity index (χ0) is 26.5. The summed E-state index contributed by atoms with van der Waals surface area (Å²) in [6.07, 6.45) is 1.75. The summed E-state index contributed by atoms with van der Waals surface area (Å²) in [5.74, 6) is -0.0206. The van der Waals surface area contributed by atoms with Crippen LogP contribution >= 0.6 is 0 Å². The van der Waals surface area contributed by atoms with Crippen LogP contribution in [0.25, 0.3) is 0 Å². The van der Waals surface area contributed by atoms with Crippen molar-refractivity contribution < 1.29 is 26.4 Å². The van der Waals surface area contributed by atoms with Crippen molar-refractivity contribution in [1.82, 2.24) is 9.62 Å². The largest absolute Gasteiger partial charge is 0.484 e. The molecule has 1 saturated heterocycles. The third-order valence-corrected chi connectivity index (χ3v) is 9.20. The fourth-order valence-corrected chi connectivity index (χ4v) is 6.46. The first-order valence-corrected chi connectivity index (χ1v) is 14.7. The molecule has 0 unspecified atom stereocenters. The number of carbonyl (C=O) groups excluding carboxylic acids is 1. The first-order chi connectivity index (χ1) is 17.6. The van der Waals surface area contributed by atoms with Gasteiger partial charge in [-0.3, -0.25) is 9.52 Å². The van der Waals surface area contributed by atoms with Gasteiger partial charge < -0.3 is 10.1 Å². The van der Waals surface area contributed by atoms with Crippen molar-refractivity contribution in [2.75, 3.05) is 24.4 Å². The Morgan fingerprint density at radius 3 is 2.19 bits per heavy atom. The predicted molar refractivity (Wildman–Crippen MR) is 140 cm³/mol. The number of sulfonamides is 2. The van der Waals surface area contributed by atoms with E-state index < -0.39 is 20.0 Å². The zero-order valence-electron chi connectivity index (χ0n) is 20.4. The van der Waals surface area contributed by atoms with Crippen molar-refractivity contribution in [2.45, 2.75) is 36.1 Å². The van der Waals surface area contributed by atoms with Crippen LogP contribution in [0.4, 0.5) is 5.69 Å². The maximum Gasteiger partial charge on any atom is 0.261 e. The minimum atomic E-state index is -3.76. The van der Waals surface area contributed by atoms with E-state index in [0.29, 0.717) is 24.5 Å². The van der Waals surface area contributed by atoms with Crippen LogP contribution in [0.1, 0.15) is 24.0 Å². The van der Waals surface area contributed by atoms with E-state index in [0.717, 1.165) is 24.0 Å². The van der Waals surface area contributed by atoms with Crippen LogP contribution in [0.2, 0.25) is 0 Å². The molecule has 1 aliphatic rings. The van der Waals surface area contributed by atoms with E-state index in [-0.39, 0.29) is 28.8 Å². The lowest BCUT2D eigenvalue weighted by Crippen LogP contribution is -2.29. The summed E-state index contributed by atoms with van der Waals surface area (Å²) in [5, 5.41) is 2.72. The molecule has 0 saturated carbocycles. The summed E-state index contributed by atoms with van der Waals surface area (Å²) >= 11 is 0. The molecule has 4 rings (SSSR count). The molecule has 3 aromatic rings. The Bertz CT molecular complexity index is 1450. The van der Waals surface area contributed by atoms with E-state index >= 15 is 0 Å². The minimum Gasteiger partial charge on any atom is -0.484 e. The Balaban J connectivity index is 1.26. The molecular formula is C26H29N3O6S2. The first-order valence-electron chi connectivity index (χ1n) is 11.8. The lowest BCUT2D eigenvalue weighted by Gasteiger charge is -2.15. The van der Waals surface area contributed by atoms with Crippen molar-refractivity contribution in [2.24, 2.45) is 0 Å². The topological polar surface area (TPSA) is 122 Å². The lowest BCUT2D eigenvalue weighted by atomic mass is 10.2. The molecule has 3 aromatic carbocycles. The van der Waals surface area contributed by atoms with E-state index in [4.69, 9.17) is 4.74 Å². The van der Waals surface area contributed by atoms with Crippen LogP contribution in [-0.2, 0) is 31.4 Å². The van der Waals surface area contributed by atoms with Gasteiger partial charge >= 0.3 is 0 Å². The van der Waals surface area contributed by atoms with E-state index in [1.165, 1.54) is 28.6 Å². The van der Waals surface area contributed by atoms with Crippen LogP contribution < -0.4 is 14.8 Å². The smallest absolute Gasteiger partial charge is 0.261 e. The summed E-state index contributed by atoms with van der Waals surface area (Å²) < 4.78 is 59.9. The number of nitrogens with zero attached hydrogens (tertiary/aromatic N) is 1. The number of aryl methyl sites for hydroxylation is 1. The van der Waals surface area contributed by atoms with Gasteiger partial charge in [-0.1, -0.05) is 24.3 Å². The van der Waals surface area contributed by atoms with Crippen molar-refractivity contribution in [3.63, 3.8) is 0 Å². The highest BCUT2D eigenvalue weighted by Crippen LogP contribution is 2.22. The highest BCUT2D eigenvalue weighted by atomic mass is 32.2. The van der Waals surface area contributed by atoms with Gasteiger partial charge in [0.25, 0.3) is 15.9 Å². The summed E-state index contributed by atoms with van der Waals surface area (Å²) in [7, 11) is -7.23. The number of nitrogens with one attached hydrogen (secondary N) is 2. The normalized spacial score (nSPS) is 14.3. The standard InChI is InChI=1S/C26H29N3O6S2/c1-20-5-4-6-22(17-20)28-36(31,32)24-13-9-23(10-14-24)35-19-26(30)27-18-21-7-11-25(12-8-21)37(33,34)29-15-2-3-16-29/h4-14,17,28H,2-3,15-16,18-19H2,1H3,(H,27,30). The van der Waals surface area contributed by atoms with E-state index in [1.807, 2.05) is 13.0 Å². The third kappa shape index (κ3) is 6.88. The Morgan fingerprint density at radius 2 is 1.54 bits per heavy atom. The maximum atomic E-state index is 12.6. The van der Waals surface area contributed by atoms with Gasteiger partial charge in [-0.15, -0.1) is 0 Å². The quantitative estimate of drug-likeness (QED) is 0.405. The van der Waals surface area contributed by atoms with Gasteiger partial charge in [0.15, 0.2) is 6.61 Å². The van der Waals surface area contributed by atoms with Gasteiger partial charge in [-0.2, -0.15) is 4.31 Å². The van der Waals surface area contributed by atoms with Crippen LogP contribution in [0, 0.1) is 6.92 Å². The molecule has 0 radical (unpaired) electrons. The summed E-state index contributed by atoms with van der Waals surface area (Å²) in [6, 6.07) is 19.3. The number of benzene rings is 3. The molecule has 0 spiro atoms. The molecule has 11 heteroatoms. The average Bonchev–Trinajstić information content (AvgIpc) is 3.43. The fourth-order valence-electron chi connectivity index (χ4n) is 3.90. The Hall–Kier alpha value is -3.41. The molecule has 0 aromatic heterocycles. The Morgan fingerprint density at radius 1 is 0.892 bits per heavy atom. The van der Waals surface area contributed by atoms with Crippen molar-refractivity contribution in [3.8, 4) is 5.75 Å². The van der Waals surface area contributed by atoms with Crippen LogP contribution in [0.15, 0.2) is 82.6 Å². The molecule has 1 aliphatic heterocycles. The van der Waals surface area contributed by atoms with E-state index in [2.05, 4.69) is 10.0 Å². The van der Waals surface area contributed by atoms with Gasteiger partial charge in [-0.25, -0.2) is 16.8 Å². The number of anilines is 1. The Kier molecular flexibility index (Phi) is 8.16. The molecular weight excluding hydrogens is 514 g/mol. The summed E-state index contributed by atoms with van der Waals surface area (Å²) in [4.78, 5) is 12.5. The number of hydrogen-bond acceptors (Lipinski definition) is 6. The minimum absolute atomic E-state index is 0.0704. The monoisotopic (exact) mass is 543 g/mol.